The summed E-state index contributed by atoms with van der Waals surface area (Å²) in [5.41, 5.74) is 1.85. The molecule has 2 aromatic rings. The summed E-state index contributed by atoms with van der Waals surface area (Å²) in [6.45, 7) is 1.31. The number of urea groups is 1. The van der Waals surface area contributed by atoms with Crippen LogP contribution in [0.2, 0.25) is 0 Å². The molecule has 0 saturated heterocycles. The normalized spacial score (nSPS) is 13.1. The molecule has 24 heavy (non-hydrogen) atoms. The minimum atomic E-state index is -0.401. The van der Waals surface area contributed by atoms with Gasteiger partial charge in [0.15, 0.2) is 0 Å². The number of fused-ring (bicyclic) bond motifs is 1. The highest BCUT2D eigenvalue weighted by atomic mass is 32.1. The van der Waals surface area contributed by atoms with Gasteiger partial charge in [-0.2, -0.15) is 0 Å². The molecule has 0 fully saturated rings. The Morgan fingerprint density at radius 1 is 1.25 bits per heavy atom. The van der Waals surface area contributed by atoms with Crippen molar-refractivity contribution in [1.29, 1.82) is 0 Å². The topological polar surface area (TPSA) is 70.7 Å². The Bertz CT molecular complexity index is 727. The van der Waals surface area contributed by atoms with Gasteiger partial charge in [-0.15, -0.1) is 11.3 Å². The highest BCUT2D eigenvalue weighted by molar-refractivity contribution is 7.10. The number of nitrogens with zero attached hydrogens (tertiary/aromatic N) is 1. The zero-order valence-electron chi connectivity index (χ0n) is 13.4. The molecule has 126 valence electrons. The molecule has 1 aliphatic rings. The summed E-state index contributed by atoms with van der Waals surface area (Å²) in [4.78, 5) is 27.3. The maximum Gasteiger partial charge on any atom is 0.319 e. The third-order valence-corrected chi connectivity index (χ3v) is 4.93. The number of rotatable bonds is 4. The SMILES string of the molecule is COc1ccc(NC(=O)NCC(=O)N2CCc3sccc3C2)cc1. The molecule has 3 amide bonds. The van der Waals surface area contributed by atoms with Crippen molar-refractivity contribution in [2.45, 2.75) is 13.0 Å². The number of hydrogen-bond donors (Lipinski definition) is 2. The molecule has 7 heteroatoms. The molecule has 2 heterocycles. The van der Waals surface area contributed by atoms with Crippen LogP contribution in [0.4, 0.5) is 10.5 Å². The third-order valence-electron chi connectivity index (χ3n) is 3.91. The number of anilines is 1. The number of amides is 3. The molecule has 1 aromatic heterocycles. The first-order valence-corrected chi connectivity index (χ1v) is 8.55. The minimum absolute atomic E-state index is 0.0124. The second-order valence-electron chi connectivity index (χ2n) is 5.47. The molecule has 6 nitrogen and oxygen atoms in total. The number of methoxy groups -OCH3 is 1. The van der Waals surface area contributed by atoms with Gasteiger partial charge >= 0.3 is 6.03 Å². The zero-order chi connectivity index (χ0) is 16.9. The van der Waals surface area contributed by atoms with E-state index in [9.17, 15) is 9.59 Å². The Labute approximate surface area is 144 Å². The number of ether oxygens (including phenoxy) is 1. The predicted molar refractivity (Wildman–Crippen MR) is 93.5 cm³/mol. The van der Waals surface area contributed by atoms with Gasteiger partial charge in [-0.05, 0) is 47.7 Å². The highest BCUT2D eigenvalue weighted by Gasteiger charge is 2.21. The standard InChI is InChI=1S/C17H19N3O3S/c1-23-14-4-2-13(3-5-14)19-17(22)18-10-16(21)20-8-6-15-12(11-20)7-9-24-15/h2-5,7,9H,6,8,10-11H2,1H3,(H2,18,19,22). The smallest absolute Gasteiger partial charge is 0.319 e. The van der Waals surface area contributed by atoms with E-state index in [1.165, 1.54) is 10.4 Å². The van der Waals surface area contributed by atoms with Crippen LogP contribution in [0, 0.1) is 0 Å². The first-order valence-electron chi connectivity index (χ1n) is 7.67. The van der Waals surface area contributed by atoms with E-state index in [4.69, 9.17) is 4.74 Å². The van der Waals surface area contributed by atoms with Crippen molar-refractivity contribution in [2.24, 2.45) is 0 Å². The number of carbonyl (C=O) groups excluding carboxylic acids is 2. The molecular weight excluding hydrogens is 326 g/mol. The van der Waals surface area contributed by atoms with Gasteiger partial charge in [0.05, 0.1) is 13.7 Å². The highest BCUT2D eigenvalue weighted by Crippen LogP contribution is 2.23. The van der Waals surface area contributed by atoms with E-state index < -0.39 is 6.03 Å². The van der Waals surface area contributed by atoms with Crippen LogP contribution < -0.4 is 15.4 Å². The van der Waals surface area contributed by atoms with Crippen molar-refractivity contribution in [3.63, 3.8) is 0 Å². The summed E-state index contributed by atoms with van der Waals surface area (Å²) in [6, 6.07) is 8.65. The average molecular weight is 345 g/mol. The number of benzene rings is 1. The van der Waals surface area contributed by atoms with Crippen LogP contribution in [-0.2, 0) is 17.8 Å². The van der Waals surface area contributed by atoms with Crippen molar-refractivity contribution in [3.05, 3.63) is 46.2 Å². The molecule has 0 bridgehead atoms. The number of carbonyl (C=O) groups is 2. The lowest BCUT2D eigenvalue weighted by molar-refractivity contribution is -0.130. The molecule has 3 rings (SSSR count). The summed E-state index contributed by atoms with van der Waals surface area (Å²) in [5.74, 6) is 0.644. The van der Waals surface area contributed by atoms with E-state index in [1.54, 1.807) is 47.6 Å². The molecule has 1 aromatic carbocycles. The summed E-state index contributed by atoms with van der Waals surface area (Å²) in [5, 5.41) is 7.35. The van der Waals surface area contributed by atoms with Gasteiger partial charge in [-0.25, -0.2) is 4.79 Å². The van der Waals surface area contributed by atoms with E-state index in [0.29, 0.717) is 24.5 Å². The molecule has 0 saturated carbocycles. The van der Waals surface area contributed by atoms with E-state index in [0.717, 1.165) is 6.42 Å². The predicted octanol–water partition coefficient (Wildman–Crippen LogP) is 2.46. The maximum atomic E-state index is 12.2. The fourth-order valence-corrected chi connectivity index (χ4v) is 3.47. The van der Waals surface area contributed by atoms with Crippen molar-refractivity contribution < 1.29 is 14.3 Å². The molecule has 0 spiro atoms. The van der Waals surface area contributed by atoms with E-state index in [2.05, 4.69) is 22.1 Å². The van der Waals surface area contributed by atoms with E-state index >= 15 is 0 Å². The Morgan fingerprint density at radius 2 is 2.04 bits per heavy atom. The fourth-order valence-electron chi connectivity index (χ4n) is 2.58. The second-order valence-corrected chi connectivity index (χ2v) is 6.47. The summed E-state index contributed by atoms with van der Waals surface area (Å²) >= 11 is 1.73. The van der Waals surface area contributed by atoms with Crippen molar-refractivity contribution in [2.75, 3.05) is 25.5 Å². The molecule has 2 N–H and O–H groups in total. The number of thiophene rings is 1. The Morgan fingerprint density at radius 3 is 2.79 bits per heavy atom. The van der Waals surface area contributed by atoms with Crippen LogP contribution in [-0.4, -0.2) is 37.0 Å². The van der Waals surface area contributed by atoms with Crippen LogP contribution in [0.25, 0.3) is 0 Å². The molecule has 0 unspecified atom stereocenters. The lowest BCUT2D eigenvalue weighted by Gasteiger charge is -2.27. The van der Waals surface area contributed by atoms with Crippen molar-refractivity contribution >= 4 is 29.0 Å². The van der Waals surface area contributed by atoms with Crippen molar-refractivity contribution in [1.82, 2.24) is 10.2 Å². The number of nitrogens with one attached hydrogen (secondary N) is 2. The summed E-state index contributed by atoms with van der Waals surface area (Å²) in [6.07, 6.45) is 0.886. The first-order chi connectivity index (χ1) is 11.7. The molecule has 0 radical (unpaired) electrons. The Balaban J connectivity index is 1.46. The maximum absolute atomic E-state index is 12.2. The minimum Gasteiger partial charge on any atom is -0.497 e. The van der Waals surface area contributed by atoms with Gasteiger partial charge in [0.25, 0.3) is 0 Å². The van der Waals surface area contributed by atoms with E-state index in [1.807, 2.05) is 0 Å². The molecule has 0 atom stereocenters. The van der Waals surface area contributed by atoms with Gasteiger partial charge in [-0.3, -0.25) is 4.79 Å². The summed E-state index contributed by atoms with van der Waals surface area (Å²) in [7, 11) is 1.58. The van der Waals surface area contributed by atoms with E-state index in [-0.39, 0.29) is 12.5 Å². The molecular formula is C17H19N3O3S. The van der Waals surface area contributed by atoms with Crippen LogP contribution in [0.15, 0.2) is 35.7 Å². The van der Waals surface area contributed by atoms with Gasteiger partial charge in [0, 0.05) is 23.7 Å². The Hall–Kier alpha value is -2.54. The van der Waals surface area contributed by atoms with Gasteiger partial charge in [-0.1, -0.05) is 0 Å². The van der Waals surface area contributed by atoms with Gasteiger partial charge in [0.2, 0.25) is 5.91 Å². The monoisotopic (exact) mass is 345 g/mol. The molecule has 1 aliphatic heterocycles. The largest absolute Gasteiger partial charge is 0.497 e. The first kappa shape index (κ1) is 16.3. The van der Waals surface area contributed by atoms with Crippen LogP contribution >= 0.6 is 11.3 Å². The van der Waals surface area contributed by atoms with Gasteiger partial charge < -0.3 is 20.3 Å². The summed E-state index contributed by atoms with van der Waals surface area (Å²) < 4.78 is 5.06. The second kappa shape index (κ2) is 7.35. The van der Waals surface area contributed by atoms with Crippen molar-refractivity contribution in [3.8, 4) is 5.75 Å². The quantitative estimate of drug-likeness (QED) is 0.894. The number of hydrogen-bond acceptors (Lipinski definition) is 4. The third kappa shape index (κ3) is 3.86. The Kier molecular flexibility index (Phi) is 5.00. The van der Waals surface area contributed by atoms with Crippen LogP contribution in [0.1, 0.15) is 10.4 Å². The lowest BCUT2D eigenvalue weighted by Crippen LogP contribution is -2.43. The zero-order valence-corrected chi connectivity index (χ0v) is 14.2. The molecule has 0 aliphatic carbocycles. The fraction of sp³-hybridized carbons (Fsp3) is 0.294. The lowest BCUT2D eigenvalue weighted by atomic mass is 10.1. The van der Waals surface area contributed by atoms with Crippen LogP contribution in [0.5, 0.6) is 5.75 Å². The van der Waals surface area contributed by atoms with Crippen LogP contribution in [0.3, 0.4) is 0 Å². The van der Waals surface area contributed by atoms with Gasteiger partial charge in [0.1, 0.15) is 5.75 Å². The average Bonchev–Trinajstić information content (AvgIpc) is 3.08.